The van der Waals surface area contributed by atoms with Crippen molar-refractivity contribution < 1.29 is 0 Å². The summed E-state index contributed by atoms with van der Waals surface area (Å²) in [7, 11) is 0. The van der Waals surface area contributed by atoms with Gasteiger partial charge in [0.25, 0.3) is 0 Å². The molecule has 0 aliphatic heterocycles. The normalized spacial score (nSPS) is 10.8. The molecule has 78 valence electrons. The van der Waals surface area contributed by atoms with E-state index < -0.39 is 0 Å². The smallest absolute Gasteiger partial charge is 0.0528 e. The number of hydrogen-bond donors (Lipinski definition) is 0. The van der Waals surface area contributed by atoms with E-state index in [1.165, 1.54) is 22.3 Å². The molecule has 0 spiro atoms. The van der Waals surface area contributed by atoms with Crippen LogP contribution in [0.15, 0.2) is 60.8 Å². The predicted octanol–water partition coefficient (Wildman–Crippen LogP) is 3.91. The SMILES string of the molecule is Cc1ccn2c(-c3ccccc3)ccc2c1. The highest BCUT2D eigenvalue weighted by molar-refractivity contribution is 5.67. The first-order chi connectivity index (χ1) is 7.84. The van der Waals surface area contributed by atoms with Gasteiger partial charge >= 0.3 is 0 Å². The standard InChI is InChI=1S/C15H13N/c1-12-9-10-16-14(11-12)7-8-15(16)13-5-3-2-4-6-13/h2-11H,1H3. The maximum atomic E-state index is 2.22. The third-order valence-electron chi connectivity index (χ3n) is 2.88. The third-order valence-corrected chi connectivity index (χ3v) is 2.88. The van der Waals surface area contributed by atoms with Crippen LogP contribution in [0.4, 0.5) is 0 Å². The van der Waals surface area contributed by atoms with Crippen molar-refractivity contribution in [1.82, 2.24) is 4.40 Å². The summed E-state index contributed by atoms with van der Waals surface area (Å²) in [6.45, 7) is 2.12. The first-order valence-corrected chi connectivity index (χ1v) is 5.48. The molecule has 2 heterocycles. The Morgan fingerprint density at radius 3 is 2.50 bits per heavy atom. The number of rotatable bonds is 1. The second kappa shape index (κ2) is 3.53. The molecule has 2 aromatic heterocycles. The Morgan fingerprint density at radius 2 is 1.69 bits per heavy atom. The van der Waals surface area contributed by atoms with Crippen LogP contribution in [0, 0.1) is 6.92 Å². The summed E-state index contributed by atoms with van der Waals surface area (Å²) in [6, 6.07) is 19.1. The topological polar surface area (TPSA) is 4.41 Å². The lowest BCUT2D eigenvalue weighted by Crippen LogP contribution is -1.87. The number of aryl methyl sites for hydroxylation is 1. The summed E-state index contributed by atoms with van der Waals surface area (Å²) in [4.78, 5) is 0. The Hall–Kier alpha value is -2.02. The molecule has 0 N–H and O–H groups in total. The summed E-state index contributed by atoms with van der Waals surface area (Å²) >= 11 is 0. The molecule has 0 bridgehead atoms. The average molecular weight is 207 g/mol. The molecule has 0 saturated carbocycles. The van der Waals surface area contributed by atoms with E-state index in [-0.39, 0.29) is 0 Å². The number of pyridine rings is 1. The van der Waals surface area contributed by atoms with Gasteiger partial charge < -0.3 is 4.40 Å². The van der Waals surface area contributed by atoms with E-state index in [9.17, 15) is 0 Å². The Kier molecular flexibility index (Phi) is 2.03. The van der Waals surface area contributed by atoms with Crippen molar-refractivity contribution in [2.75, 3.05) is 0 Å². The van der Waals surface area contributed by atoms with Crippen LogP contribution in [0.5, 0.6) is 0 Å². The minimum Gasteiger partial charge on any atom is -0.317 e. The van der Waals surface area contributed by atoms with Crippen LogP contribution in [0.25, 0.3) is 16.8 Å². The molecule has 0 aliphatic rings. The number of nitrogens with zero attached hydrogens (tertiary/aromatic N) is 1. The lowest BCUT2D eigenvalue weighted by Gasteiger charge is -2.03. The fraction of sp³-hybridized carbons (Fsp3) is 0.0667. The minimum absolute atomic E-state index is 1.25. The summed E-state index contributed by atoms with van der Waals surface area (Å²) < 4.78 is 2.22. The monoisotopic (exact) mass is 207 g/mol. The average Bonchev–Trinajstić information content (AvgIpc) is 2.73. The Morgan fingerprint density at radius 1 is 0.875 bits per heavy atom. The summed E-state index contributed by atoms with van der Waals surface area (Å²) in [6.07, 6.45) is 2.13. The van der Waals surface area contributed by atoms with Crippen molar-refractivity contribution in [3.63, 3.8) is 0 Å². The van der Waals surface area contributed by atoms with Crippen molar-refractivity contribution >= 4 is 5.52 Å². The highest BCUT2D eigenvalue weighted by Crippen LogP contribution is 2.22. The molecule has 0 unspecified atom stereocenters. The Bertz CT molecular complexity index is 620. The van der Waals surface area contributed by atoms with Gasteiger partial charge in [-0.3, -0.25) is 0 Å². The van der Waals surface area contributed by atoms with E-state index in [4.69, 9.17) is 0 Å². The van der Waals surface area contributed by atoms with Crippen LogP contribution in [0.2, 0.25) is 0 Å². The highest BCUT2D eigenvalue weighted by atomic mass is 14.9. The molecule has 16 heavy (non-hydrogen) atoms. The third kappa shape index (κ3) is 1.41. The zero-order valence-corrected chi connectivity index (χ0v) is 9.22. The molecule has 0 fully saturated rings. The van der Waals surface area contributed by atoms with E-state index in [1.54, 1.807) is 0 Å². The molecular formula is C15H13N. The molecule has 1 heteroatoms. The lowest BCUT2D eigenvalue weighted by molar-refractivity contribution is 1.19. The second-order valence-corrected chi connectivity index (χ2v) is 4.08. The second-order valence-electron chi connectivity index (χ2n) is 4.08. The zero-order valence-electron chi connectivity index (χ0n) is 9.22. The predicted molar refractivity (Wildman–Crippen MR) is 67.6 cm³/mol. The number of fused-ring (bicyclic) bond motifs is 1. The van der Waals surface area contributed by atoms with Gasteiger partial charge in [-0.2, -0.15) is 0 Å². The summed E-state index contributed by atoms with van der Waals surface area (Å²) in [5.74, 6) is 0. The van der Waals surface area contributed by atoms with Crippen molar-refractivity contribution in [3.05, 3.63) is 66.4 Å². The Balaban J connectivity index is 2.26. The van der Waals surface area contributed by atoms with Crippen LogP contribution >= 0.6 is 0 Å². The van der Waals surface area contributed by atoms with Gasteiger partial charge in [-0.05, 0) is 42.3 Å². The Labute approximate surface area is 95.0 Å². The molecule has 3 aromatic rings. The molecule has 0 amide bonds. The summed E-state index contributed by atoms with van der Waals surface area (Å²) in [5, 5.41) is 0. The van der Waals surface area contributed by atoms with Crippen LogP contribution in [-0.2, 0) is 0 Å². The quantitative estimate of drug-likeness (QED) is 0.569. The van der Waals surface area contributed by atoms with Gasteiger partial charge in [-0.1, -0.05) is 30.3 Å². The molecule has 1 aromatic carbocycles. The van der Waals surface area contributed by atoms with Gasteiger partial charge in [0.1, 0.15) is 0 Å². The van der Waals surface area contributed by atoms with Crippen molar-refractivity contribution in [3.8, 4) is 11.3 Å². The largest absolute Gasteiger partial charge is 0.317 e. The van der Waals surface area contributed by atoms with Gasteiger partial charge in [0, 0.05) is 11.7 Å². The van der Waals surface area contributed by atoms with Gasteiger partial charge in [0.15, 0.2) is 0 Å². The first-order valence-electron chi connectivity index (χ1n) is 5.48. The molecule has 0 aliphatic carbocycles. The minimum atomic E-state index is 1.25. The van der Waals surface area contributed by atoms with Crippen molar-refractivity contribution in [1.29, 1.82) is 0 Å². The number of benzene rings is 1. The summed E-state index contributed by atoms with van der Waals surface area (Å²) in [5.41, 5.74) is 5.05. The van der Waals surface area contributed by atoms with E-state index in [2.05, 4.69) is 66.1 Å². The highest BCUT2D eigenvalue weighted by Gasteiger charge is 2.02. The maximum absolute atomic E-state index is 2.22. The molecule has 3 rings (SSSR count). The number of hydrogen-bond acceptors (Lipinski definition) is 0. The van der Waals surface area contributed by atoms with E-state index in [1.807, 2.05) is 6.07 Å². The lowest BCUT2D eigenvalue weighted by atomic mass is 10.1. The van der Waals surface area contributed by atoms with Crippen LogP contribution in [-0.4, -0.2) is 4.40 Å². The molecule has 0 saturated heterocycles. The van der Waals surface area contributed by atoms with Gasteiger partial charge in [0.2, 0.25) is 0 Å². The zero-order chi connectivity index (χ0) is 11.0. The van der Waals surface area contributed by atoms with Crippen LogP contribution in [0.3, 0.4) is 0 Å². The van der Waals surface area contributed by atoms with Crippen molar-refractivity contribution in [2.24, 2.45) is 0 Å². The van der Waals surface area contributed by atoms with Crippen molar-refractivity contribution in [2.45, 2.75) is 6.92 Å². The van der Waals surface area contributed by atoms with E-state index in [0.29, 0.717) is 0 Å². The van der Waals surface area contributed by atoms with E-state index in [0.717, 1.165) is 0 Å². The maximum Gasteiger partial charge on any atom is 0.0528 e. The number of aromatic nitrogens is 1. The van der Waals surface area contributed by atoms with Crippen LogP contribution < -0.4 is 0 Å². The molecular weight excluding hydrogens is 194 g/mol. The molecule has 1 nitrogen and oxygen atoms in total. The molecule has 0 atom stereocenters. The van der Waals surface area contributed by atoms with Gasteiger partial charge in [-0.25, -0.2) is 0 Å². The molecule has 0 radical (unpaired) electrons. The fourth-order valence-electron chi connectivity index (χ4n) is 2.07. The van der Waals surface area contributed by atoms with Crippen LogP contribution in [0.1, 0.15) is 5.56 Å². The fourth-order valence-corrected chi connectivity index (χ4v) is 2.07. The van der Waals surface area contributed by atoms with E-state index >= 15 is 0 Å². The first kappa shape index (κ1) is 9.22. The van der Waals surface area contributed by atoms with Gasteiger partial charge in [0.05, 0.1) is 5.69 Å². The van der Waals surface area contributed by atoms with Gasteiger partial charge in [-0.15, -0.1) is 0 Å².